The van der Waals surface area contributed by atoms with Crippen LogP contribution in [-0.4, -0.2) is 35.1 Å². The quantitative estimate of drug-likeness (QED) is 0.872. The standard InChI is InChI=1S/C12H8F5NO3/c1-21-8-3-5-2-6(9(19)7(5)4-18-8)10(20)11(13,14)12(15,16)17/h3-4,19H,2H2,1H3. The van der Waals surface area contributed by atoms with Crippen molar-refractivity contribution in [1.82, 2.24) is 4.98 Å². The van der Waals surface area contributed by atoms with Gasteiger partial charge in [-0.3, -0.25) is 4.79 Å². The number of ether oxygens (including phenoxy) is 1. The smallest absolute Gasteiger partial charge is 0.461 e. The lowest BCUT2D eigenvalue weighted by molar-refractivity contribution is -0.266. The topological polar surface area (TPSA) is 59.4 Å². The van der Waals surface area contributed by atoms with Crippen molar-refractivity contribution in [1.29, 1.82) is 0 Å². The van der Waals surface area contributed by atoms with Crippen molar-refractivity contribution in [2.24, 2.45) is 0 Å². The number of nitrogens with zero attached hydrogens (tertiary/aromatic N) is 1. The van der Waals surface area contributed by atoms with Crippen molar-refractivity contribution < 1.29 is 36.6 Å². The monoisotopic (exact) mass is 309 g/mol. The number of methoxy groups -OCH3 is 1. The van der Waals surface area contributed by atoms with Crippen LogP contribution in [0.3, 0.4) is 0 Å². The third kappa shape index (κ3) is 2.32. The van der Waals surface area contributed by atoms with Gasteiger partial charge in [0.15, 0.2) is 0 Å². The number of Topliss-reactive ketones (excluding diaryl/α,β-unsaturated/α-hetero) is 1. The van der Waals surface area contributed by atoms with Gasteiger partial charge in [-0.1, -0.05) is 0 Å². The molecule has 0 aromatic carbocycles. The second-order valence-electron chi connectivity index (χ2n) is 4.29. The summed E-state index contributed by atoms with van der Waals surface area (Å²) in [6.07, 6.45) is -5.54. The average Bonchev–Trinajstić information content (AvgIpc) is 2.73. The van der Waals surface area contributed by atoms with Crippen LogP contribution in [0.15, 0.2) is 17.8 Å². The van der Waals surface area contributed by atoms with E-state index >= 15 is 0 Å². The summed E-state index contributed by atoms with van der Waals surface area (Å²) in [5.74, 6) is -8.87. The minimum absolute atomic E-state index is 0.0721. The zero-order valence-corrected chi connectivity index (χ0v) is 10.5. The van der Waals surface area contributed by atoms with Crippen LogP contribution in [0.25, 0.3) is 5.76 Å². The normalized spacial score (nSPS) is 15.1. The van der Waals surface area contributed by atoms with E-state index in [0.717, 1.165) is 6.20 Å². The summed E-state index contributed by atoms with van der Waals surface area (Å²) in [5, 5.41) is 9.68. The number of ketones is 1. The van der Waals surface area contributed by atoms with Crippen LogP contribution in [-0.2, 0) is 11.2 Å². The van der Waals surface area contributed by atoms with Crippen LogP contribution in [0.2, 0.25) is 0 Å². The Morgan fingerprint density at radius 3 is 2.48 bits per heavy atom. The molecule has 2 rings (SSSR count). The fraction of sp³-hybridized carbons (Fsp3) is 0.333. The Hall–Kier alpha value is -2.19. The van der Waals surface area contributed by atoms with Gasteiger partial charge in [0, 0.05) is 29.8 Å². The van der Waals surface area contributed by atoms with E-state index in [9.17, 15) is 31.9 Å². The van der Waals surface area contributed by atoms with Crippen molar-refractivity contribution in [3.63, 3.8) is 0 Å². The molecule has 1 heterocycles. The lowest BCUT2D eigenvalue weighted by Crippen LogP contribution is -2.45. The maximum absolute atomic E-state index is 13.1. The van der Waals surface area contributed by atoms with E-state index in [1.54, 1.807) is 0 Å². The third-order valence-electron chi connectivity index (χ3n) is 3.00. The van der Waals surface area contributed by atoms with Crippen molar-refractivity contribution in [3.05, 3.63) is 29.0 Å². The molecular weight excluding hydrogens is 301 g/mol. The second-order valence-corrected chi connectivity index (χ2v) is 4.29. The van der Waals surface area contributed by atoms with Crippen LogP contribution in [0.1, 0.15) is 11.1 Å². The molecule has 0 unspecified atom stereocenters. The number of aromatic nitrogens is 1. The minimum atomic E-state index is -6.03. The predicted octanol–water partition coefficient (Wildman–Crippen LogP) is 2.68. The number of carbonyl (C=O) groups excluding carboxylic acids is 1. The predicted molar refractivity (Wildman–Crippen MR) is 60.1 cm³/mol. The number of aliphatic hydroxyl groups is 1. The van der Waals surface area contributed by atoms with Gasteiger partial charge in [-0.15, -0.1) is 0 Å². The zero-order valence-electron chi connectivity index (χ0n) is 10.5. The first kappa shape index (κ1) is 15.2. The van der Waals surface area contributed by atoms with Crippen LogP contribution in [0.5, 0.6) is 5.88 Å². The number of pyridine rings is 1. The highest BCUT2D eigenvalue weighted by molar-refractivity contribution is 6.08. The van der Waals surface area contributed by atoms with Gasteiger partial charge in [0.05, 0.1) is 7.11 Å². The second kappa shape index (κ2) is 4.68. The van der Waals surface area contributed by atoms with Gasteiger partial charge < -0.3 is 9.84 Å². The first-order valence-electron chi connectivity index (χ1n) is 5.54. The molecule has 1 aromatic heterocycles. The highest BCUT2D eigenvalue weighted by atomic mass is 19.4. The maximum atomic E-state index is 13.1. The number of halogens is 5. The molecule has 9 heteroatoms. The van der Waals surface area contributed by atoms with Gasteiger partial charge >= 0.3 is 12.1 Å². The summed E-state index contributed by atoms with van der Waals surface area (Å²) in [7, 11) is 1.28. The van der Waals surface area contributed by atoms with Gasteiger partial charge in [-0.25, -0.2) is 4.98 Å². The fourth-order valence-electron chi connectivity index (χ4n) is 1.89. The molecule has 0 saturated carbocycles. The first-order valence-corrected chi connectivity index (χ1v) is 5.54. The highest BCUT2D eigenvalue weighted by Crippen LogP contribution is 2.42. The molecule has 114 valence electrons. The Morgan fingerprint density at radius 2 is 1.95 bits per heavy atom. The lowest BCUT2D eigenvalue weighted by Gasteiger charge is -2.18. The fourth-order valence-corrected chi connectivity index (χ4v) is 1.89. The van der Waals surface area contributed by atoms with E-state index in [2.05, 4.69) is 4.98 Å². The van der Waals surface area contributed by atoms with Crippen LogP contribution in [0, 0.1) is 0 Å². The van der Waals surface area contributed by atoms with Crippen molar-refractivity contribution in [3.8, 4) is 5.88 Å². The van der Waals surface area contributed by atoms with Crippen LogP contribution < -0.4 is 4.74 Å². The summed E-state index contributed by atoms with van der Waals surface area (Å²) in [5.41, 5.74) is -0.889. The summed E-state index contributed by atoms with van der Waals surface area (Å²) in [4.78, 5) is 15.1. The summed E-state index contributed by atoms with van der Waals surface area (Å²) in [6, 6.07) is 1.25. The Bertz CT molecular complexity index is 636. The Labute approximate surface area is 114 Å². The van der Waals surface area contributed by atoms with Crippen molar-refractivity contribution in [2.45, 2.75) is 18.5 Å². The molecule has 0 radical (unpaired) electrons. The molecule has 21 heavy (non-hydrogen) atoms. The molecule has 0 fully saturated rings. The van der Waals surface area contributed by atoms with E-state index < -0.39 is 35.6 Å². The number of hydrogen-bond acceptors (Lipinski definition) is 4. The molecule has 0 atom stereocenters. The summed E-state index contributed by atoms with van der Waals surface area (Å²) in [6.45, 7) is 0. The number of carbonyl (C=O) groups is 1. The van der Waals surface area contributed by atoms with E-state index in [-0.39, 0.29) is 17.0 Å². The van der Waals surface area contributed by atoms with Gasteiger partial charge in [0.2, 0.25) is 11.7 Å². The van der Waals surface area contributed by atoms with E-state index in [1.807, 2.05) is 0 Å². The summed E-state index contributed by atoms with van der Waals surface area (Å²) >= 11 is 0. The Balaban J connectivity index is 2.40. The largest absolute Gasteiger partial charge is 0.507 e. The number of hydrogen-bond donors (Lipinski definition) is 1. The van der Waals surface area contributed by atoms with E-state index in [0.29, 0.717) is 0 Å². The maximum Gasteiger partial charge on any atom is 0.461 e. The summed E-state index contributed by atoms with van der Waals surface area (Å²) < 4.78 is 67.5. The molecule has 1 N–H and O–H groups in total. The van der Waals surface area contributed by atoms with Crippen molar-refractivity contribution in [2.75, 3.05) is 7.11 Å². The zero-order chi connectivity index (χ0) is 16.0. The van der Waals surface area contributed by atoms with E-state index in [4.69, 9.17) is 4.74 Å². The molecule has 1 aromatic rings. The highest BCUT2D eigenvalue weighted by Gasteiger charge is 2.64. The number of allylic oxidation sites excluding steroid dienone is 1. The average molecular weight is 309 g/mol. The number of aliphatic hydroxyl groups excluding tert-OH is 1. The third-order valence-corrected chi connectivity index (χ3v) is 3.00. The Kier molecular flexibility index (Phi) is 3.38. The van der Waals surface area contributed by atoms with Gasteiger partial charge in [-0.2, -0.15) is 22.0 Å². The molecule has 4 nitrogen and oxygen atoms in total. The van der Waals surface area contributed by atoms with Crippen LogP contribution in [0.4, 0.5) is 22.0 Å². The molecule has 0 amide bonds. The van der Waals surface area contributed by atoms with Crippen molar-refractivity contribution >= 4 is 11.5 Å². The molecule has 0 saturated heterocycles. The Morgan fingerprint density at radius 1 is 1.33 bits per heavy atom. The number of alkyl halides is 5. The minimum Gasteiger partial charge on any atom is -0.507 e. The molecule has 1 aliphatic rings. The number of rotatable bonds is 3. The molecular formula is C12H8F5NO3. The lowest BCUT2D eigenvalue weighted by atomic mass is 10.0. The van der Waals surface area contributed by atoms with E-state index in [1.165, 1.54) is 13.2 Å². The van der Waals surface area contributed by atoms with Gasteiger partial charge in [-0.05, 0) is 5.56 Å². The molecule has 0 aliphatic heterocycles. The molecule has 1 aliphatic carbocycles. The SMILES string of the molecule is COc1cc2c(cn1)C(O)=C(C(=O)C(F)(F)C(F)(F)F)C2. The van der Waals surface area contributed by atoms with Crippen LogP contribution >= 0.6 is 0 Å². The molecule has 0 spiro atoms. The van der Waals surface area contributed by atoms with Gasteiger partial charge in [0.1, 0.15) is 5.76 Å². The van der Waals surface area contributed by atoms with Gasteiger partial charge in [0.25, 0.3) is 0 Å². The number of fused-ring (bicyclic) bond motifs is 1. The first-order chi connectivity index (χ1) is 9.59. The molecule has 0 bridgehead atoms.